The Morgan fingerprint density at radius 3 is 2.33 bits per heavy atom. The summed E-state index contributed by atoms with van der Waals surface area (Å²) in [6, 6.07) is 0. The Bertz CT molecular complexity index is 458. The molecule has 2 rings (SSSR count). The van der Waals surface area contributed by atoms with E-state index in [0.29, 0.717) is 0 Å². The van der Waals surface area contributed by atoms with Crippen molar-refractivity contribution in [3.05, 3.63) is 11.4 Å². The van der Waals surface area contributed by atoms with Crippen LogP contribution in [0.5, 0.6) is 0 Å². The second kappa shape index (κ2) is 7.62. The minimum absolute atomic E-state index is 0.778. The van der Waals surface area contributed by atoms with E-state index in [0.717, 1.165) is 54.4 Å². The van der Waals surface area contributed by atoms with Crippen molar-refractivity contribution in [2.24, 2.45) is 11.8 Å². The van der Waals surface area contributed by atoms with Crippen molar-refractivity contribution in [2.75, 3.05) is 23.7 Å². The van der Waals surface area contributed by atoms with Gasteiger partial charge in [0.1, 0.15) is 17.5 Å². The third-order valence-electron chi connectivity index (χ3n) is 4.67. The Morgan fingerprint density at radius 1 is 1.05 bits per heavy atom. The Morgan fingerprint density at radius 2 is 1.71 bits per heavy atom. The molecule has 4 nitrogen and oxygen atoms in total. The number of aromatic nitrogens is 2. The highest BCUT2D eigenvalue weighted by Crippen LogP contribution is 2.30. The van der Waals surface area contributed by atoms with Crippen LogP contribution < -0.4 is 10.6 Å². The fraction of sp³-hybridized carbons (Fsp3) is 0.765. The largest absolute Gasteiger partial charge is 0.370 e. The number of nitrogens with one attached hydrogen (secondary N) is 2. The van der Waals surface area contributed by atoms with Crippen molar-refractivity contribution >= 4 is 11.6 Å². The molecule has 1 heterocycles. The molecule has 0 spiro atoms. The van der Waals surface area contributed by atoms with Gasteiger partial charge in [0.2, 0.25) is 0 Å². The number of anilines is 2. The molecule has 1 fully saturated rings. The van der Waals surface area contributed by atoms with Gasteiger partial charge in [-0.15, -0.1) is 0 Å². The third kappa shape index (κ3) is 4.08. The van der Waals surface area contributed by atoms with Crippen LogP contribution >= 0.6 is 0 Å². The van der Waals surface area contributed by atoms with Crippen LogP contribution in [0.3, 0.4) is 0 Å². The van der Waals surface area contributed by atoms with E-state index in [2.05, 4.69) is 48.3 Å². The Labute approximate surface area is 129 Å². The van der Waals surface area contributed by atoms with Gasteiger partial charge in [0.15, 0.2) is 0 Å². The highest BCUT2D eigenvalue weighted by molar-refractivity contribution is 5.57. The summed E-state index contributed by atoms with van der Waals surface area (Å²) in [5.41, 5.74) is 1.14. The smallest absolute Gasteiger partial charge is 0.134 e. The summed E-state index contributed by atoms with van der Waals surface area (Å²) in [5.74, 6) is 4.50. The molecule has 1 aliphatic carbocycles. The predicted molar refractivity (Wildman–Crippen MR) is 89.9 cm³/mol. The van der Waals surface area contributed by atoms with Gasteiger partial charge in [-0.3, -0.25) is 0 Å². The first kappa shape index (κ1) is 16.1. The molecule has 118 valence electrons. The first-order chi connectivity index (χ1) is 10.2. The SMILES string of the molecule is CCNc1nc(CC)nc(NCC2CCCCC2C)c1C. The summed E-state index contributed by atoms with van der Waals surface area (Å²) in [5, 5.41) is 6.94. The normalized spacial score (nSPS) is 22.1. The predicted octanol–water partition coefficient (Wildman–Crippen LogP) is 4.02. The lowest BCUT2D eigenvalue weighted by atomic mass is 9.80. The fourth-order valence-corrected chi connectivity index (χ4v) is 3.16. The molecule has 0 aromatic carbocycles. The van der Waals surface area contributed by atoms with Crippen LogP contribution in [0.15, 0.2) is 0 Å². The van der Waals surface area contributed by atoms with Crippen LogP contribution in [0.4, 0.5) is 11.6 Å². The minimum Gasteiger partial charge on any atom is -0.370 e. The monoisotopic (exact) mass is 290 g/mol. The van der Waals surface area contributed by atoms with Gasteiger partial charge in [0.25, 0.3) is 0 Å². The summed E-state index contributed by atoms with van der Waals surface area (Å²) in [4.78, 5) is 9.27. The molecule has 0 radical (unpaired) electrons. The maximum Gasteiger partial charge on any atom is 0.134 e. The zero-order chi connectivity index (χ0) is 15.2. The van der Waals surface area contributed by atoms with Crippen molar-refractivity contribution in [3.63, 3.8) is 0 Å². The van der Waals surface area contributed by atoms with Gasteiger partial charge < -0.3 is 10.6 Å². The molecule has 0 aliphatic heterocycles. The zero-order valence-corrected chi connectivity index (χ0v) is 14.0. The topological polar surface area (TPSA) is 49.8 Å². The number of aryl methyl sites for hydroxylation is 1. The molecule has 21 heavy (non-hydrogen) atoms. The molecule has 0 bridgehead atoms. The Balaban J connectivity index is 2.09. The first-order valence-corrected chi connectivity index (χ1v) is 8.50. The van der Waals surface area contributed by atoms with Gasteiger partial charge >= 0.3 is 0 Å². The van der Waals surface area contributed by atoms with Gasteiger partial charge in [-0.1, -0.05) is 33.1 Å². The number of hydrogen-bond acceptors (Lipinski definition) is 4. The van der Waals surface area contributed by atoms with E-state index in [1.807, 2.05) is 0 Å². The van der Waals surface area contributed by atoms with Crippen molar-refractivity contribution in [3.8, 4) is 0 Å². The van der Waals surface area contributed by atoms with E-state index in [9.17, 15) is 0 Å². The van der Waals surface area contributed by atoms with Gasteiger partial charge in [0.05, 0.1) is 0 Å². The maximum absolute atomic E-state index is 4.68. The van der Waals surface area contributed by atoms with E-state index in [4.69, 9.17) is 0 Å². The Kier molecular flexibility index (Phi) is 5.83. The summed E-state index contributed by atoms with van der Waals surface area (Å²) in [6.07, 6.45) is 6.36. The van der Waals surface area contributed by atoms with Crippen LogP contribution in [-0.2, 0) is 6.42 Å². The van der Waals surface area contributed by atoms with E-state index >= 15 is 0 Å². The molecule has 2 atom stereocenters. The molecule has 1 saturated carbocycles. The van der Waals surface area contributed by atoms with Crippen molar-refractivity contribution in [1.82, 2.24) is 9.97 Å². The fourth-order valence-electron chi connectivity index (χ4n) is 3.16. The molecule has 1 aliphatic rings. The van der Waals surface area contributed by atoms with Crippen LogP contribution in [0.1, 0.15) is 57.8 Å². The second-order valence-corrected chi connectivity index (χ2v) is 6.25. The van der Waals surface area contributed by atoms with E-state index in [-0.39, 0.29) is 0 Å². The van der Waals surface area contributed by atoms with Crippen molar-refractivity contribution in [2.45, 2.75) is 59.8 Å². The molecular formula is C17H30N4. The molecule has 2 unspecified atom stereocenters. The average molecular weight is 290 g/mol. The standard InChI is InChI=1S/C17H30N4/c1-5-15-20-16(18-6-2)13(4)17(21-15)19-11-14-10-8-7-9-12(14)3/h12,14H,5-11H2,1-4H3,(H2,18,19,20,21). The van der Waals surface area contributed by atoms with Crippen molar-refractivity contribution in [1.29, 1.82) is 0 Å². The third-order valence-corrected chi connectivity index (χ3v) is 4.67. The van der Waals surface area contributed by atoms with Crippen LogP contribution in [0.25, 0.3) is 0 Å². The van der Waals surface area contributed by atoms with E-state index < -0.39 is 0 Å². The van der Waals surface area contributed by atoms with Crippen LogP contribution in [-0.4, -0.2) is 23.1 Å². The number of rotatable bonds is 6. The molecule has 4 heteroatoms. The van der Waals surface area contributed by atoms with Gasteiger partial charge in [-0.05, 0) is 32.1 Å². The number of nitrogens with zero attached hydrogens (tertiary/aromatic N) is 2. The van der Waals surface area contributed by atoms with Crippen LogP contribution in [0.2, 0.25) is 0 Å². The lowest BCUT2D eigenvalue weighted by Gasteiger charge is -2.29. The summed E-state index contributed by atoms with van der Waals surface area (Å²) < 4.78 is 0. The second-order valence-electron chi connectivity index (χ2n) is 6.25. The Hall–Kier alpha value is -1.32. The van der Waals surface area contributed by atoms with Gasteiger partial charge in [0, 0.05) is 25.1 Å². The first-order valence-electron chi connectivity index (χ1n) is 8.50. The quantitative estimate of drug-likeness (QED) is 0.831. The van der Waals surface area contributed by atoms with Crippen LogP contribution in [0, 0.1) is 18.8 Å². The molecule has 0 amide bonds. The highest BCUT2D eigenvalue weighted by atomic mass is 15.1. The van der Waals surface area contributed by atoms with Gasteiger partial charge in [-0.2, -0.15) is 0 Å². The zero-order valence-electron chi connectivity index (χ0n) is 14.0. The van der Waals surface area contributed by atoms with Gasteiger partial charge in [-0.25, -0.2) is 9.97 Å². The molecular weight excluding hydrogens is 260 g/mol. The average Bonchev–Trinajstić information content (AvgIpc) is 2.49. The van der Waals surface area contributed by atoms with E-state index in [1.54, 1.807) is 0 Å². The molecule has 0 saturated heterocycles. The maximum atomic E-state index is 4.68. The summed E-state index contributed by atoms with van der Waals surface area (Å²) in [6.45, 7) is 10.6. The molecule has 1 aromatic rings. The summed E-state index contributed by atoms with van der Waals surface area (Å²) >= 11 is 0. The molecule has 1 aromatic heterocycles. The lowest BCUT2D eigenvalue weighted by Crippen LogP contribution is -2.25. The van der Waals surface area contributed by atoms with Crippen molar-refractivity contribution < 1.29 is 0 Å². The summed E-state index contributed by atoms with van der Waals surface area (Å²) in [7, 11) is 0. The highest BCUT2D eigenvalue weighted by Gasteiger charge is 2.21. The minimum atomic E-state index is 0.778. The van der Waals surface area contributed by atoms with E-state index in [1.165, 1.54) is 25.7 Å². The molecule has 2 N–H and O–H groups in total. The lowest BCUT2D eigenvalue weighted by molar-refractivity contribution is 0.268. The number of hydrogen-bond donors (Lipinski definition) is 2.